The number of nitrogens with one attached hydrogen (secondary N) is 2. The molecule has 0 unspecified atom stereocenters. The van der Waals surface area contributed by atoms with E-state index in [4.69, 9.17) is 0 Å². The minimum absolute atomic E-state index is 0.0475. The van der Waals surface area contributed by atoms with Gasteiger partial charge >= 0.3 is 0 Å². The maximum atomic E-state index is 12.5. The first-order valence-electron chi connectivity index (χ1n) is 7.18. The Morgan fingerprint density at radius 1 is 0.875 bits per heavy atom. The first kappa shape index (κ1) is 17.4. The van der Waals surface area contributed by atoms with E-state index < -0.39 is 20.0 Å². The van der Waals surface area contributed by atoms with Gasteiger partial charge in [0.15, 0.2) is 0 Å². The van der Waals surface area contributed by atoms with Gasteiger partial charge in [-0.05, 0) is 59.1 Å². The van der Waals surface area contributed by atoms with Crippen molar-refractivity contribution in [3.8, 4) is 0 Å². The summed E-state index contributed by atoms with van der Waals surface area (Å²) in [5.74, 6) is 0. The van der Waals surface area contributed by atoms with Crippen LogP contribution in [0.25, 0.3) is 0 Å². The molecule has 0 aromatic heterocycles. The van der Waals surface area contributed by atoms with E-state index in [1.807, 2.05) is 0 Å². The van der Waals surface area contributed by atoms with Crippen LogP contribution in [0.1, 0.15) is 12.8 Å². The molecule has 1 saturated carbocycles. The zero-order valence-electron chi connectivity index (χ0n) is 12.4. The molecule has 2 aromatic carbocycles. The second-order valence-electron chi connectivity index (χ2n) is 5.46. The Labute approximate surface area is 149 Å². The molecule has 2 N–H and O–H groups in total. The van der Waals surface area contributed by atoms with Gasteiger partial charge in [-0.1, -0.05) is 18.2 Å². The summed E-state index contributed by atoms with van der Waals surface area (Å²) < 4.78 is 55.1. The zero-order chi connectivity index (χ0) is 17.4. The lowest BCUT2D eigenvalue weighted by atomic mass is 10.3. The fraction of sp³-hybridized carbons (Fsp3) is 0.200. The van der Waals surface area contributed by atoms with Crippen molar-refractivity contribution in [1.82, 2.24) is 4.72 Å². The maximum Gasteiger partial charge on any atom is 0.261 e. The highest BCUT2D eigenvalue weighted by molar-refractivity contribution is 9.10. The third-order valence-corrected chi connectivity index (χ3v) is 7.02. The molecule has 0 atom stereocenters. The Bertz CT molecular complexity index is 970. The Balaban J connectivity index is 1.91. The van der Waals surface area contributed by atoms with E-state index >= 15 is 0 Å². The molecule has 1 aliphatic rings. The van der Waals surface area contributed by atoms with Gasteiger partial charge in [-0.15, -0.1) is 0 Å². The molecule has 0 bridgehead atoms. The van der Waals surface area contributed by atoms with Crippen LogP contribution in [0.3, 0.4) is 0 Å². The first-order chi connectivity index (χ1) is 11.3. The maximum absolute atomic E-state index is 12.5. The molecule has 0 aliphatic heterocycles. The van der Waals surface area contributed by atoms with Gasteiger partial charge in [-0.2, -0.15) is 0 Å². The Hall–Kier alpha value is -1.42. The topological polar surface area (TPSA) is 92.3 Å². The number of rotatable bonds is 6. The predicted molar refractivity (Wildman–Crippen MR) is 94.7 cm³/mol. The third kappa shape index (κ3) is 3.97. The molecule has 24 heavy (non-hydrogen) atoms. The SMILES string of the molecule is O=S(=O)(Nc1ccccc1Br)c1cccc(S(=O)(=O)NC2CC2)c1. The van der Waals surface area contributed by atoms with Crippen LogP contribution in [-0.4, -0.2) is 22.9 Å². The van der Waals surface area contributed by atoms with E-state index in [0.29, 0.717) is 10.2 Å². The van der Waals surface area contributed by atoms with E-state index in [9.17, 15) is 16.8 Å². The summed E-state index contributed by atoms with van der Waals surface area (Å²) in [4.78, 5) is -0.179. The van der Waals surface area contributed by atoms with Crippen LogP contribution in [0, 0.1) is 0 Å². The van der Waals surface area contributed by atoms with Crippen molar-refractivity contribution in [3.05, 3.63) is 53.0 Å². The summed E-state index contributed by atoms with van der Waals surface area (Å²) in [7, 11) is -7.62. The predicted octanol–water partition coefficient (Wildman–Crippen LogP) is 2.69. The molecule has 0 spiro atoms. The highest BCUT2D eigenvalue weighted by atomic mass is 79.9. The number of benzene rings is 2. The van der Waals surface area contributed by atoms with E-state index in [0.717, 1.165) is 18.9 Å². The molecule has 1 aliphatic carbocycles. The second kappa shape index (κ2) is 6.47. The van der Waals surface area contributed by atoms with Crippen molar-refractivity contribution in [3.63, 3.8) is 0 Å². The smallest absolute Gasteiger partial charge is 0.261 e. The van der Waals surface area contributed by atoms with E-state index in [2.05, 4.69) is 25.4 Å². The molecule has 9 heteroatoms. The van der Waals surface area contributed by atoms with Gasteiger partial charge in [0.25, 0.3) is 10.0 Å². The van der Waals surface area contributed by atoms with Crippen molar-refractivity contribution in [2.75, 3.05) is 4.72 Å². The molecular weight excluding hydrogens is 416 g/mol. The summed E-state index contributed by atoms with van der Waals surface area (Å²) >= 11 is 3.27. The number of para-hydroxylation sites is 1. The number of halogens is 1. The highest BCUT2D eigenvalue weighted by Crippen LogP contribution is 2.26. The monoisotopic (exact) mass is 430 g/mol. The highest BCUT2D eigenvalue weighted by Gasteiger charge is 2.28. The van der Waals surface area contributed by atoms with Crippen LogP contribution >= 0.6 is 15.9 Å². The van der Waals surface area contributed by atoms with Crippen molar-refractivity contribution in [2.24, 2.45) is 0 Å². The summed E-state index contributed by atoms with van der Waals surface area (Å²) in [5.41, 5.74) is 0.377. The van der Waals surface area contributed by atoms with Crippen LogP contribution in [0.4, 0.5) is 5.69 Å². The van der Waals surface area contributed by atoms with Crippen molar-refractivity contribution >= 4 is 41.7 Å². The van der Waals surface area contributed by atoms with Gasteiger partial charge in [0.05, 0.1) is 15.5 Å². The summed E-state index contributed by atoms with van der Waals surface area (Å²) in [6.45, 7) is 0. The normalized spacial score (nSPS) is 15.2. The van der Waals surface area contributed by atoms with Gasteiger partial charge in [-0.3, -0.25) is 4.72 Å². The van der Waals surface area contributed by atoms with Gasteiger partial charge < -0.3 is 0 Å². The first-order valence-corrected chi connectivity index (χ1v) is 10.9. The number of sulfonamides is 2. The van der Waals surface area contributed by atoms with Crippen LogP contribution in [0.15, 0.2) is 62.8 Å². The lowest BCUT2D eigenvalue weighted by Gasteiger charge is -2.11. The largest absolute Gasteiger partial charge is 0.278 e. The van der Waals surface area contributed by atoms with Crippen LogP contribution in [0.2, 0.25) is 0 Å². The summed E-state index contributed by atoms with van der Waals surface area (Å²) in [5, 5.41) is 0. The molecule has 128 valence electrons. The summed E-state index contributed by atoms with van der Waals surface area (Å²) in [6.07, 6.45) is 1.61. The molecule has 3 rings (SSSR count). The lowest BCUT2D eigenvalue weighted by Crippen LogP contribution is -2.26. The van der Waals surface area contributed by atoms with E-state index in [1.165, 1.54) is 18.2 Å². The van der Waals surface area contributed by atoms with E-state index in [-0.39, 0.29) is 15.8 Å². The second-order valence-corrected chi connectivity index (χ2v) is 9.71. The van der Waals surface area contributed by atoms with Crippen LogP contribution < -0.4 is 9.44 Å². The molecule has 2 aromatic rings. The van der Waals surface area contributed by atoms with Gasteiger partial charge in [-0.25, -0.2) is 21.6 Å². The number of anilines is 1. The molecule has 0 heterocycles. The van der Waals surface area contributed by atoms with E-state index in [1.54, 1.807) is 24.3 Å². The lowest BCUT2D eigenvalue weighted by molar-refractivity contribution is 0.580. The van der Waals surface area contributed by atoms with Gasteiger partial charge in [0.1, 0.15) is 0 Å². The van der Waals surface area contributed by atoms with Crippen LogP contribution in [0.5, 0.6) is 0 Å². The minimum atomic E-state index is -3.90. The fourth-order valence-electron chi connectivity index (χ4n) is 2.04. The number of hydrogen-bond donors (Lipinski definition) is 2. The van der Waals surface area contributed by atoms with Crippen molar-refractivity contribution in [2.45, 2.75) is 28.7 Å². The fourth-order valence-corrected chi connectivity index (χ4v) is 5.11. The standard InChI is InChI=1S/C15H15BrN2O4S2/c16-14-6-1-2-7-15(14)18-24(21,22)13-5-3-4-12(10-13)23(19,20)17-11-8-9-11/h1-7,10-11,17-18H,8-9H2. The quantitative estimate of drug-likeness (QED) is 0.736. The average Bonchev–Trinajstić information content (AvgIpc) is 3.33. The van der Waals surface area contributed by atoms with Gasteiger partial charge in [0, 0.05) is 10.5 Å². The average molecular weight is 431 g/mol. The molecule has 0 saturated heterocycles. The van der Waals surface area contributed by atoms with Crippen LogP contribution in [-0.2, 0) is 20.0 Å². The van der Waals surface area contributed by atoms with Crippen molar-refractivity contribution in [1.29, 1.82) is 0 Å². The molecule has 1 fully saturated rings. The zero-order valence-corrected chi connectivity index (χ0v) is 15.7. The van der Waals surface area contributed by atoms with Crippen molar-refractivity contribution < 1.29 is 16.8 Å². The Morgan fingerprint density at radius 3 is 2.12 bits per heavy atom. The molecule has 6 nitrogen and oxygen atoms in total. The minimum Gasteiger partial charge on any atom is -0.278 e. The van der Waals surface area contributed by atoms with Gasteiger partial charge in [0.2, 0.25) is 10.0 Å². The summed E-state index contributed by atoms with van der Waals surface area (Å²) in [6, 6.07) is 12.0. The Kier molecular flexibility index (Phi) is 4.69. The number of hydrogen-bond acceptors (Lipinski definition) is 4. The third-order valence-electron chi connectivity index (χ3n) is 3.44. The molecular formula is C15H15BrN2O4S2. The molecule has 0 amide bonds. The Morgan fingerprint density at radius 2 is 1.50 bits per heavy atom. The molecule has 0 radical (unpaired) electrons.